The molecule has 0 aliphatic carbocycles. The van der Waals surface area contributed by atoms with Gasteiger partial charge in [-0.2, -0.15) is 0 Å². The zero-order chi connectivity index (χ0) is 15.7. The van der Waals surface area contributed by atoms with Crippen molar-refractivity contribution < 1.29 is 4.74 Å². The quantitative estimate of drug-likeness (QED) is 0.325. The van der Waals surface area contributed by atoms with Crippen LogP contribution in [-0.2, 0) is 5.41 Å². The summed E-state index contributed by atoms with van der Waals surface area (Å²) in [7, 11) is 1.67. The van der Waals surface area contributed by atoms with Crippen molar-refractivity contribution in [3.05, 3.63) is 29.8 Å². The van der Waals surface area contributed by atoms with E-state index in [2.05, 4.69) is 47.5 Å². The minimum atomic E-state index is -0.0647. The predicted molar refractivity (Wildman–Crippen MR) is 104 cm³/mol. The number of nitrogens with zero attached hydrogens (tertiary/aromatic N) is 1. The summed E-state index contributed by atoms with van der Waals surface area (Å²) < 4.78 is 5.19. The van der Waals surface area contributed by atoms with Gasteiger partial charge in [0.1, 0.15) is 5.75 Å². The molecular weight excluding hydrogens is 389 g/mol. The fourth-order valence-electron chi connectivity index (χ4n) is 1.89. The van der Waals surface area contributed by atoms with E-state index in [1.165, 1.54) is 5.56 Å². The SMILES string of the molecule is C#CCNC(=NCC(C)(C)c1ccc(OC)cc1)NCC.I. The number of rotatable bonds is 6. The third-order valence-corrected chi connectivity index (χ3v) is 3.21. The molecule has 0 spiro atoms. The molecule has 0 fully saturated rings. The van der Waals surface area contributed by atoms with Crippen molar-refractivity contribution in [2.75, 3.05) is 26.7 Å². The number of nitrogens with one attached hydrogen (secondary N) is 2. The molecule has 0 atom stereocenters. The topological polar surface area (TPSA) is 45.7 Å². The molecule has 0 amide bonds. The van der Waals surface area contributed by atoms with E-state index >= 15 is 0 Å². The van der Waals surface area contributed by atoms with Crippen molar-refractivity contribution in [2.24, 2.45) is 4.99 Å². The van der Waals surface area contributed by atoms with E-state index in [0.717, 1.165) is 18.3 Å². The second kappa shape index (κ2) is 10.3. The number of benzene rings is 1. The van der Waals surface area contributed by atoms with E-state index in [4.69, 9.17) is 11.2 Å². The molecule has 22 heavy (non-hydrogen) atoms. The molecule has 0 aliphatic rings. The molecular formula is C17H26IN3O. The fourth-order valence-corrected chi connectivity index (χ4v) is 1.89. The minimum absolute atomic E-state index is 0. The largest absolute Gasteiger partial charge is 0.497 e. The van der Waals surface area contributed by atoms with Crippen LogP contribution in [-0.4, -0.2) is 32.7 Å². The second-order valence-electron chi connectivity index (χ2n) is 5.37. The Balaban J connectivity index is 0.00000441. The summed E-state index contributed by atoms with van der Waals surface area (Å²) in [4.78, 5) is 4.61. The molecule has 122 valence electrons. The van der Waals surface area contributed by atoms with Gasteiger partial charge in [0.25, 0.3) is 0 Å². The first-order chi connectivity index (χ1) is 10.0. The maximum absolute atomic E-state index is 5.27. The first kappa shape index (κ1) is 20.6. The molecule has 2 N–H and O–H groups in total. The Labute approximate surface area is 151 Å². The number of guanidine groups is 1. The fraction of sp³-hybridized carbons (Fsp3) is 0.471. The van der Waals surface area contributed by atoms with Gasteiger partial charge in [-0.25, -0.2) is 0 Å². The van der Waals surface area contributed by atoms with Crippen LogP contribution in [0.3, 0.4) is 0 Å². The molecule has 1 aromatic rings. The van der Waals surface area contributed by atoms with Gasteiger partial charge in [0.15, 0.2) is 5.96 Å². The van der Waals surface area contributed by atoms with Crippen molar-refractivity contribution in [2.45, 2.75) is 26.2 Å². The lowest BCUT2D eigenvalue weighted by Crippen LogP contribution is -2.38. The molecule has 5 heteroatoms. The van der Waals surface area contributed by atoms with Gasteiger partial charge in [-0.15, -0.1) is 30.4 Å². The van der Waals surface area contributed by atoms with Crippen LogP contribution < -0.4 is 15.4 Å². The summed E-state index contributed by atoms with van der Waals surface area (Å²) in [5.41, 5.74) is 1.16. The molecule has 0 aliphatic heterocycles. The Kier molecular flexibility index (Phi) is 9.66. The third-order valence-electron chi connectivity index (χ3n) is 3.21. The molecule has 0 radical (unpaired) electrons. The van der Waals surface area contributed by atoms with E-state index in [-0.39, 0.29) is 29.4 Å². The number of terminal acetylenes is 1. The summed E-state index contributed by atoms with van der Waals surface area (Å²) in [6.45, 7) is 8.31. The van der Waals surface area contributed by atoms with E-state index in [9.17, 15) is 0 Å². The highest BCUT2D eigenvalue weighted by Crippen LogP contribution is 2.25. The van der Waals surface area contributed by atoms with Crippen LogP contribution in [0.2, 0.25) is 0 Å². The maximum Gasteiger partial charge on any atom is 0.192 e. The normalized spacial score (nSPS) is 11.1. The number of hydrogen-bond acceptors (Lipinski definition) is 2. The van der Waals surface area contributed by atoms with Gasteiger partial charge in [-0.1, -0.05) is 31.9 Å². The number of hydrogen-bond donors (Lipinski definition) is 2. The smallest absolute Gasteiger partial charge is 0.192 e. The monoisotopic (exact) mass is 415 g/mol. The highest BCUT2D eigenvalue weighted by Gasteiger charge is 2.20. The van der Waals surface area contributed by atoms with Crippen molar-refractivity contribution >= 4 is 29.9 Å². The Morgan fingerprint density at radius 1 is 1.27 bits per heavy atom. The van der Waals surface area contributed by atoms with Crippen molar-refractivity contribution in [1.82, 2.24) is 10.6 Å². The zero-order valence-electron chi connectivity index (χ0n) is 13.8. The second-order valence-corrected chi connectivity index (χ2v) is 5.37. The molecule has 0 bridgehead atoms. The van der Waals surface area contributed by atoms with E-state index < -0.39 is 0 Å². The van der Waals surface area contributed by atoms with Crippen LogP contribution in [0.5, 0.6) is 5.75 Å². The van der Waals surface area contributed by atoms with Crippen molar-refractivity contribution in [1.29, 1.82) is 0 Å². The Hall–Kier alpha value is -1.42. The zero-order valence-corrected chi connectivity index (χ0v) is 16.1. The lowest BCUT2D eigenvalue weighted by atomic mass is 9.85. The lowest BCUT2D eigenvalue weighted by molar-refractivity contribution is 0.414. The predicted octanol–water partition coefficient (Wildman–Crippen LogP) is 2.78. The molecule has 0 heterocycles. The first-order valence-corrected chi connectivity index (χ1v) is 7.13. The summed E-state index contributed by atoms with van der Waals surface area (Å²) in [6.07, 6.45) is 5.27. The highest BCUT2D eigenvalue weighted by atomic mass is 127. The van der Waals surface area contributed by atoms with Crippen LogP contribution in [0.4, 0.5) is 0 Å². The van der Waals surface area contributed by atoms with E-state index in [1.54, 1.807) is 7.11 Å². The van der Waals surface area contributed by atoms with Gasteiger partial charge < -0.3 is 15.4 Å². The molecule has 0 saturated heterocycles. The Bertz CT molecular complexity index is 504. The molecule has 1 rings (SSSR count). The van der Waals surface area contributed by atoms with Crippen LogP contribution in [0.1, 0.15) is 26.3 Å². The Morgan fingerprint density at radius 2 is 1.91 bits per heavy atom. The summed E-state index contributed by atoms with van der Waals surface area (Å²) in [5, 5.41) is 6.28. The number of methoxy groups -OCH3 is 1. The lowest BCUT2D eigenvalue weighted by Gasteiger charge is -2.24. The van der Waals surface area contributed by atoms with Crippen molar-refractivity contribution in [3.63, 3.8) is 0 Å². The van der Waals surface area contributed by atoms with Crippen LogP contribution >= 0.6 is 24.0 Å². The molecule has 0 unspecified atom stereocenters. The summed E-state index contributed by atoms with van der Waals surface area (Å²) >= 11 is 0. The number of aliphatic imine (C=N–C) groups is 1. The average molecular weight is 415 g/mol. The van der Waals surface area contributed by atoms with E-state index in [1.807, 2.05) is 19.1 Å². The molecule has 0 aromatic heterocycles. The van der Waals surface area contributed by atoms with Gasteiger partial charge in [-0.3, -0.25) is 4.99 Å². The Morgan fingerprint density at radius 3 is 2.41 bits per heavy atom. The molecule has 4 nitrogen and oxygen atoms in total. The average Bonchev–Trinajstić information content (AvgIpc) is 2.50. The first-order valence-electron chi connectivity index (χ1n) is 7.13. The number of halogens is 1. The van der Waals surface area contributed by atoms with Crippen LogP contribution in [0.15, 0.2) is 29.3 Å². The molecule has 0 saturated carbocycles. The van der Waals surface area contributed by atoms with Crippen LogP contribution in [0, 0.1) is 12.3 Å². The van der Waals surface area contributed by atoms with Gasteiger partial charge >= 0.3 is 0 Å². The highest BCUT2D eigenvalue weighted by molar-refractivity contribution is 14.0. The number of ether oxygens (including phenoxy) is 1. The third kappa shape index (κ3) is 6.56. The van der Waals surface area contributed by atoms with Gasteiger partial charge in [0, 0.05) is 12.0 Å². The summed E-state index contributed by atoms with van der Waals surface area (Å²) in [5.74, 6) is 4.16. The molecule has 1 aromatic carbocycles. The van der Waals surface area contributed by atoms with E-state index in [0.29, 0.717) is 13.1 Å². The van der Waals surface area contributed by atoms with Crippen LogP contribution in [0.25, 0.3) is 0 Å². The maximum atomic E-state index is 5.27. The summed E-state index contributed by atoms with van der Waals surface area (Å²) in [6, 6.07) is 8.11. The van der Waals surface area contributed by atoms with Gasteiger partial charge in [0.05, 0.1) is 20.2 Å². The van der Waals surface area contributed by atoms with Gasteiger partial charge in [-0.05, 0) is 24.6 Å². The minimum Gasteiger partial charge on any atom is -0.497 e. The standard InChI is InChI=1S/C17H25N3O.HI/c1-6-12-19-16(18-7-2)20-13-17(3,4)14-8-10-15(21-5)11-9-14;/h1,8-11H,7,12-13H2,2-5H3,(H2,18,19,20);1H. The van der Waals surface area contributed by atoms with Gasteiger partial charge in [0.2, 0.25) is 0 Å². The van der Waals surface area contributed by atoms with Crippen molar-refractivity contribution in [3.8, 4) is 18.1 Å².